The summed E-state index contributed by atoms with van der Waals surface area (Å²) in [5, 5.41) is 0. The third-order valence-corrected chi connectivity index (χ3v) is 5.66. The minimum atomic E-state index is -0.845. The van der Waals surface area contributed by atoms with Crippen LogP contribution in [0.1, 0.15) is 37.3 Å². The van der Waals surface area contributed by atoms with E-state index < -0.39 is 17.9 Å². The number of hydrogen-bond donors (Lipinski definition) is 0. The molecule has 2 aliphatic heterocycles. The summed E-state index contributed by atoms with van der Waals surface area (Å²) >= 11 is 0. The highest BCUT2D eigenvalue weighted by atomic mass is 16.7. The van der Waals surface area contributed by atoms with E-state index in [0.717, 1.165) is 42.8 Å². The van der Waals surface area contributed by atoms with Gasteiger partial charge in [0.15, 0.2) is 17.6 Å². The Hall–Kier alpha value is -2.54. The van der Waals surface area contributed by atoms with E-state index in [2.05, 4.69) is 11.8 Å². The SMILES string of the molecule is CCCN1CCc2cc3c(cc2[C@@H]2[C@H](OC(=O)C(C)=O)C(OC)=C[C@@H]21)OCO3. The smallest absolute Gasteiger partial charge is 0.375 e. The van der Waals surface area contributed by atoms with Crippen LogP contribution < -0.4 is 9.47 Å². The fourth-order valence-electron chi connectivity index (χ4n) is 4.40. The van der Waals surface area contributed by atoms with E-state index in [-0.39, 0.29) is 18.8 Å². The zero-order valence-electron chi connectivity index (χ0n) is 16.4. The first-order valence-corrected chi connectivity index (χ1v) is 9.67. The molecule has 28 heavy (non-hydrogen) atoms. The van der Waals surface area contributed by atoms with Crippen molar-refractivity contribution in [3.63, 3.8) is 0 Å². The average Bonchev–Trinajstić information content (AvgIpc) is 3.24. The lowest BCUT2D eigenvalue weighted by molar-refractivity contribution is -0.157. The molecule has 1 aliphatic carbocycles. The van der Waals surface area contributed by atoms with Crippen molar-refractivity contribution >= 4 is 11.8 Å². The molecule has 3 atom stereocenters. The first kappa shape index (κ1) is 18.8. The number of Topliss-reactive ketones (excluding diaryl/α,β-unsaturated/α-hetero) is 1. The second-order valence-electron chi connectivity index (χ2n) is 7.36. The number of carbonyl (C=O) groups is 2. The Bertz CT molecular complexity index is 832. The minimum Gasteiger partial charge on any atom is -0.497 e. The fourth-order valence-corrected chi connectivity index (χ4v) is 4.40. The van der Waals surface area contributed by atoms with Crippen molar-refractivity contribution in [3.8, 4) is 11.5 Å². The molecule has 1 aromatic carbocycles. The lowest BCUT2D eigenvalue weighted by Gasteiger charge is -2.32. The summed E-state index contributed by atoms with van der Waals surface area (Å²) in [4.78, 5) is 26.0. The van der Waals surface area contributed by atoms with Gasteiger partial charge in [-0.3, -0.25) is 9.69 Å². The molecule has 3 aliphatic rings. The van der Waals surface area contributed by atoms with Gasteiger partial charge in [-0.1, -0.05) is 6.92 Å². The number of esters is 1. The molecule has 0 N–H and O–H groups in total. The minimum absolute atomic E-state index is 0.0151. The number of ketones is 1. The number of rotatable bonds is 5. The average molecular weight is 387 g/mol. The maximum Gasteiger partial charge on any atom is 0.375 e. The summed E-state index contributed by atoms with van der Waals surface area (Å²) in [7, 11) is 1.57. The van der Waals surface area contributed by atoms with E-state index in [1.54, 1.807) is 7.11 Å². The first-order valence-electron chi connectivity index (χ1n) is 9.67. The van der Waals surface area contributed by atoms with Crippen LogP contribution in [0.4, 0.5) is 0 Å². The molecule has 0 saturated carbocycles. The Labute approximate surface area is 164 Å². The quantitative estimate of drug-likeness (QED) is 0.566. The maximum atomic E-state index is 12.1. The van der Waals surface area contributed by atoms with Gasteiger partial charge in [0, 0.05) is 25.4 Å². The Morgan fingerprint density at radius 1 is 1.25 bits per heavy atom. The molecule has 1 aromatic rings. The molecular weight excluding hydrogens is 362 g/mol. The van der Waals surface area contributed by atoms with Crippen molar-refractivity contribution in [1.29, 1.82) is 0 Å². The lowest BCUT2D eigenvalue weighted by Crippen LogP contribution is -2.40. The summed E-state index contributed by atoms with van der Waals surface area (Å²) in [5.74, 6) is 0.387. The monoisotopic (exact) mass is 387 g/mol. The van der Waals surface area contributed by atoms with Gasteiger partial charge < -0.3 is 18.9 Å². The zero-order valence-corrected chi connectivity index (χ0v) is 16.4. The molecule has 0 unspecified atom stereocenters. The van der Waals surface area contributed by atoms with Crippen molar-refractivity contribution in [2.24, 2.45) is 0 Å². The second-order valence-corrected chi connectivity index (χ2v) is 7.36. The summed E-state index contributed by atoms with van der Waals surface area (Å²) in [6, 6.07) is 4.03. The zero-order chi connectivity index (χ0) is 19.8. The topological polar surface area (TPSA) is 74.3 Å². The highest BCUT2D eigenvalue weighted by Crippen LogP contribution is 2.46. The van der Waals surface area contributed by atoms with Gasteiger partial charge in [-0.25, -0.2) is 4.79 Å². The van der Waals surface area contributed by atoms with E-state index in [1.807, 2.05) is 18.2 Å². The van der Waals surface area contributed by atoms with Gasteiger partial charge in [0.05, 0.1) is 7.11 Å². The number of methoxy groups -OCH3 is 1. The standard InChI is InChI=1S/C21H25NO6/c1-4-6-22-7-5-13-8-16-17(27-11-26-16)9-14(13)19-15(22)10-18(25-3)20(19)28-21(24)12(2)23/h8-10,15,19-20H,4-7,11H2,1-3H3/t15-,19-,20+/m0/s1. The van der Waals surface area contributed by atoms with Gasteiger partial charge >= 0.3 is 5.97 Å². The maximum absolute atomic E-state index is 12.1. The van der Waals surface area contributed by atoms with Crippen molar-refractivity contribution < 1.29 is 28.5 Å². The van der Waals surface area contributed by atoms with Crippen molar-refractivity contribution in [2.45, 2.75) is 44.8 Å². The molecule has 0 amide bonds. The predicted molar refractivity (Wildman–Crippen MR) is 100 cm³/mol. The number of hydrogen-bond acceptors (Lipinski definition) is 7. The highest BCUT2D eigenvalue weighted by Gasteiger charge is 2.47. The van der Waals surface area contributed by atoms with Crippen LogP contribution in [-0.2, 0) is 25.5 Å². The largest absolute Gasteiger partial charge is 0.497 e. The number of carbonyl (C=O) groups excluding carboxylic acids is 2. The predicted octanol–water partition coefficient (Wildman–Crippen LogP) is 2.18. The summed E-state index contributed by atoms with van der Waals surface area (Å²) < 4.78 is 22.3. The Morgan fingerprint density at radius 2 is 2.00 bits per heavy atom. The Balaban J connectivity index is 1.79. The molecule has 0 fully saturated rings. The normalized spacial score (nSPS) is 25.4. The first-order chi connectivity index (χ1) is 13.5. The summed E-state index contributed by atoms with van der Waals surface area (Å²) in [5.41, 5.74) is 2.20. The highest BCUT2D eigenvalue weighted by molar-refractivity contribution is 6.32. The molecule has 0 bridgehead atoms. The van der Waals surface area contributed by atoms with Crippen LogP contribution in [0.3, 0.4) is 0 Å². The van der Waals surface area contributed by atoms with Gasteiger partial charge in [0.25, 0.3) is 0 Å². The lowest BCUT2D eigenvalue weighted by atomic mass is 9.87. The van der Waals surface area contributed by atoms with Crippen LogP contribution in [0.2, 0.25) is 0 Å². The van der Waals surface area contributed by atoms with Crippen LogP contribution >= 0.6 is 0 Å². The summed E-state index contributed by atoms with van der Waals surface area (Å²) in [6.45, 7) is 5.36. The van der Waals surface area contributed by atoms with Crippen LogP contribution in [0, 0.1) is 0 Å². The van der Waals surface area contributed by atoms with Gasteiger partial charge in [-0.15, -0.1) is 0 Å². The third-order valence-electron chi connectivity index (χ3n) is 5.66. The van der Waals surface area contributed by atoms with Gasteiger partial charge in [0.1, 0.15) is 5.76 Å². The molecule has 4 rings (SSSR count). The van der Waals surface area contributed by atoms with E-state index in [9.17, 15) is 9.59 Å². The van der Waals surface area contributed by atoms with Crippen LogP contribution in [-0.4, -0.2) is 55.8 Å². The number of fused-ring (bicyclic) bond motifs is 4. The molecule has 0 saturated heterocycles. The third kappa shape index (κ3) is 3.13. The number of benzene rings is 1. The van der Waals surface area contributed by atoms with Crippen LogP contribution in [0.25, 0.3) is 0 Å². The van der Waals surface area contributed by atoms with Crippen molar-refractivity contribution in [2.75, 3.05) is 27.0 Å². The molecule has 0 spiro atoms. The molecular formula is C21H25NO6. The number of nitrogens with zero attached hydrogens (tertiary/aromatic N) is 1. The van der Waals surface area contributed by atoms with Crippen molar-refractivity contribution in [3.05, 3.63) is 35.1 Å². The molecule has 2 heterocycles. The van der Waals surface area contributed by atoms with Gasteiger partial charge in [0.2, 0.25) is 12.6 Å². The molecule has 7 nitrogen and oxygen atoms in total. The Morgan fingerprint density at radius 3 is 2.68 bits per heavy atom. The van der Waals surface area contributed by atoms with E-state index in [4.69, 9.17) is 18.9 Å². The molecule has 0 radical (unpaired) electrons. The van der Waals surface area contributed by atoms with E-state index in [0.29, 0.717) is 11.5 Å². The van der Waals surface area contributed by atoms with Gasteiger partial charge in [-0.2, -0.15) is 0 Å². The van der Waals surface area contributed by atoms with Crippen LogP contribution in [0.5, 0.6) is 11.5 Å². The van der Waals surface area contributed by atoms with Gasteiger partial charge in [-0.05, 0) is 48.7 Å². The second kappa shape index (κ2) is 7.47. The number of ether oxygens (including phenoxy) is 4. The molecule has 7 heteroatoms. The van der Waals surface area contributed by atoms with Crippen molar-refractivity contribution in [1.82, 2.24) is 4.90 Å². The molecule has 0 aromatic heterocycles. The van der Waals surface area contributed by atoms with Crippen LogP contribution in [0.15, 0.2) is 24.0 Å². The fraction of sp³-hybridized carbons (Fsp3) is 0.524. The van der Waals surface area contributed by atoms with E-state index in [1.165, 1.54) is 6.92 Å². The summed E-state index contributed by atoms with van der Waals surface area (Å²) in [6.07, 6.45) is 3.25. The Kier molecular flexibility index (Phi) is 5.02. The molecule has 150 valence electrons. The van der Waals surface area contributed by atoms with E-state index >= 15 is 0 Å².